The summed E-state index contributed by atoms with van der Waals surface area (Å²) in [5, 5.41) is 12.4. The fraction of sp³-hybridized carbons (Fsp3) is 0.368. The van der Waals surface area contributed by atoms with Gasteiger partial charge in [0, 0.05) is 19.2 Å². The predicted molar refractivity (Wildman–Crippen MR) is 96.6 cm³/mol. The molecule has 2 amide bonds. The maximum Gasteiger partial charge on any atom is 0.227 e. The molecule has 1 aromatic heterocycles. The van der Waals surface area contributed by atoms with Crippen molar-refractivity contribution >= 4 is 11.8 Å². The van der Waals surface area contributed by atoms with Crippen molar-refractivity contribution in [3.63, 3.8) is 0 Å². The standard InChI is InChI=1S/C19H22N4O4/c24-17-3-1-2-14(8-17)9-19(26)23-6-7-27-12-16(23)10-18(25)21-11-15-4-5-20-13-22-15/h1-5,8,13,16,24H,6-7,9-12H2,(H,21,25). The minimum atomic E-state index is -0.311. The number of hydrogen-bond donors (Lipinski definition) is 2. The molecule has 8 nitrogen and oxygen atoms in total. The molecule has 0 radical (unpaired) electrons. The molecule has 1 aliphatic heterocycles. The Morgan fingerprint density at radius 3 is 3.00 bits per heavy atom. The van der Waals surface area contributed by atoms with E-state index in [1.807, 2.05) is 0 Å². The molecule has 2 aromatic rings. The summed E-state index contributed by atoms with van der Waals surface area (Å²) in [4.78, 5) is 34.6. The van der Waals surface area contributed by atoms with Gasteiger partial charge in [0.2, 0.25) is 11.8 Å². The van der Waals surface area contributed by atoms with Crippen LogP contribution in [0.4, 0.5) is 0 Å². The molecule has 0 saturated carbocycles. The normalized spacial score (nSPS) is 16.7. The molecule has 0 bridgehead atoms. The lowest BCUT2D eigenvalue weighted by atomic mass is 10.1. The molecule has 2 N–H and O–H groups in total. The third-order valence-electron chi connectivity index (χ3n) is 4.34. The van der Waals surface area contributed by atoms with Crippen LogP contribution in [0, 0.1) is 0 Å². The third-order valence-corrected chi connectivity index (χ3v) is 4.34. The number of hydrogen-bond acceptors (Lipinski definition) is 6. The van der Waals surface area contributed by atoms with Crippen molar-refractivity contribution in [2.45, 2.75) is 25.4 Å². The maximum atomic E-state index is 12.7. The van der Waals surface area contributed by atoms with E-state index in [9.17, 15) is 14.7 Å². The van der Waals surface area contributed by atoms with Gasteiger partial charge in [0.1, 0.15) is 12.1 Å². The molecule has 0 aliphatic carbocycles. The summed E-state index contributed by atoms with van der Waals surface area (Å²) in [7, 11) is 0. The highest BCUT2D eigenvalue weighted by Gasteiger charge is 2.29. The Labute approximate surface area is 157 Å². The number of morpholine rings is 1. The van der Waals surface area contributed by atoms with E-state index >= 15 is 0 Å². The minimum absolute atomic E-state index is 0.0856. The second-order valence-corrected chi connectivity index (χ2v) is 6.34. The van der Waals surface area contributed by atoms with Crippen LogP contribution in [-0.4, -0.2) is 57.6 Å². The highest BCUT2D eigenvalue weighted by molar-refractivity contribution is 5.81. The highest BCUT2D eigenvalue weighted by Crippen LogP contribution is 2.16. The molecule has 1 atom stereocenters. The molecule has 27 heavy (non-hydrogen) atoms. The van der Waals surface area contributed by atoms with E-state index in [-0.39, 0.29) is 36.4 Å². The molecule has 1 saturated heterocycles. The average molecular weight is 370 g/mol. The van der Waals surface area contributed by atoms with E-state index in [1.165, 1.54) is 6.33 Å². The lowest BCUT2D eigenvalue weighted by Crippen LogP contribution is -2.51. The Bertz CT molecular complexity index is 784. The van der Waals surface area contributed by atoms with Crippen LogP contribution in [0.2, 0.25) is 0 Å². The lowest BCUT2D eigenvalue weighted by molar-refractivity contribution is -0.141. The van der Waals surface area contributed by atoms with Gasteiger partial charge in [-0.15, -0.1) is 0 Å². The Morgan fingerprint density at radius 2 is 2.22 bits per heavy atom. The van der Waals surface area contributed by atoms with Gasteiger partial charge in [-0.2, -0.15) is 0 Å². The van der Waals surface area contributed by atoms with Gasteiger partial charge in [-0.1, -0.05) is 12.1 Å². The third kappa shape index (κ3) is 5.49. The van der Waals surface area contributed by atoms with Crippen LogP contribution in [0.3, 0.4) is 0 Å². The smallest absolute Gasteiger partial charge is 0.227 e. The van der Waals surface area contributed by atoms with Gasteiger partial charge in [0.25, 0.3) is 0 Å². The van der Waals surface area contributed by atoms with Crippen molar-refractivity contribution in [3.8, 4) is 5.75 Å². The Kier molecular flexibility index (Phi) is 6.32. The van der Waals surface area contributed by atoms with E-state index in [0.717, 1.165) is 11.3 Å². The summed E-state index contributed by atoms with van der Waals surface area (Å²) in [5.41, 5.74) is 1.45. The lowest BCUT2D eigenvalue weighted by Gasteiger charge is -2.35. The fourth-order valence-corrected chi connectivity index (χ4v) is 2.99. The van der Waals surface area contributed by atoms with Gasteiger partial charge in [-0.3, -0.25) is 9.59 Å². The van der Waals surface area contributed by atoms with Crippen molar-refractivity contribution in [1.82, 2.24) is 20.2 Å². The van der Waals surface area contributed by atoms with Crippen LogP contribution >= 0.6 is 0 Å². The number of carbonyl (C=O) groups is 2. The van der Waals surface area contributed by atoms with Gasteiger partial charge in [0.15, 0.2) is 0 Å². The number of benzene rings is 1. The number of aromatic hydroxyl groups is 1. The van der Waals surface area contributed by atoms with Gasteiger partial charge >= 0.3 is 0 Å². The van der Waals surface area contributed by atoms with Crippen LogP contribution < -0.4 is 5.32 Å². The predicted octanol–water partition coefficient (Wildman–Crippen LogP) is 0.659. The molecule has 2 heterocycles. The van der Waals surface area contributed by atoms with E-state index in [0.29, 0.717) is 26.3 Å². The van der Waals surface area contributed by atoms with Crippen LogP contribution in [0.1, 0.15) is 17.7 Å². The molecule has 0 spiro atoms. The second kappa shape index (κ2) is 9.09. The van der Waals surface area contributed by atoms with E-state index in [4.69, 9.17) is 4.74 Å². The summed E-state index contributed by atoms with van der Waals surface area (Å²) in [6.45, 7) is 1.53. The van der Waals surface area contributed by atoms with E-state index in [2.05, 4.69) is 15.3 Å². The SMILES string of the molecule is O=C(CC1COCCN1C(=O)Cc1cccc(O)c1)NCc1ccncn1. The topological polar surface area (TPSA) is 105 Å². The zero-order chi connectivity index (χ0) is 19.1. The molecule has 142 valence electrons. The number of nitrogens with one attached hydrogen (secondary N) is 1. The van der Waals surface area contributed by atoms with Crippen molar-refractivity contribution in [2.24, 2.45) is 0 Å². The number of ether oxygens (including phenoxy) is 1. The number of amides is 2. The summed E-state index contributed by atoms with van der Waals surface area (Å²) in [5.74, 6) is -0.125. The quantitative estimate of drug-likeness (QED) is 0.774. The second-order valence-electron chi connectivity index (χ2n) is 6.34. The van der Waals surface area contributed by atoms with E-state index in [1.54, 1.807) is 41.4 Å². The molecular formula is C19H22N4O4. The Hall–Kier alpha value is -3.00. The first-order valence-electron chi connectivity index (χ1n) is 8.78. The summed E-state index contributed by atoms with van der Waals surface area (Å²) >= 11 is 0. The van der Waals surface area contributed by atoms with Crippen molar-refractivity contribution in [3.05, 3.63) is 54.1 Å². The molecule has 1 fully saturated rings. The Balaban J connectivity index is 1.56. The summed E-state index contributed by atoms with van der Waals surface area (Å²) < 4.78 is 5.46. The van der Waals surface area contributed by atoms with Gasteiger partial charge in [0.05, 0.1) is 37.9 Å². The number of nitrogens with zero attached hydrogens (tertiary/aromatic N) is 3. The molecular weight excluding hydrogens is 348 g/mol. The van der Waals surface area contributed by atoms with Gasteiger partial charge in [-0.25, -0.2) is 9.97 Å². The largest absolute Gasteiger partial charge is 0.508 e. The molecule has 1 unspecified atom stereocenters. The highest BCUT2D eigenvalue weighted by atomic mass is 16.5. The maximum absolute atomic E-state index is 12.7. The Morgan fingerprint density at radius 1 is 1.33 bits per heavy atom. The molecule has 8 heteroatoms. The minimum Gasteiger partial charge on any atom is -0.508 e. The van der Waals surface area contributed by atoms with Crippen LogP contribution in [0.15, 0.2) is 42.9 Å². The first-order valence-corrected chi connectivity index (χ1v) is 8.78. The monoisotopic (exact) mass is 370 g/mol. The zero-order valence-corrected chi connectivity index (χ0v) is 14.9. The van der Waals surface area contributed by atoms with Crippen molar-refractivity contribution in [2.75, 3.05) is 19.8 Å². The van der Waals surface area contributed by atoms with Crippen LogP contribution in [0.5, 0.6) is 5.75 Å². The fourth-order valence-electron chi connectivity index (χ4n) is 2.99. The first-order chi connectivity index (χ1) is 13.1. The number of phenols is 1. The molecule has 1 aromatic carbocycles. The van der Waals surface area contributed by atoms with Crippen molar-refractivity contribution in [1.29, 1.82) is 0 Å². The number of phenolic OH excluding ortho intramolecular Hbond substituents is 1. The van der Waals surface area contributed by atoms with Gasteiger partial charge in [-0.05, 0) is 23.8 Å². The van der Waals surface area contributed by atoms with Gasteiger partial charge < -0.3 is 20.1 Å². The average Bonchev–Trinajstić information content (AvgIpc) is 2.67. The zero-order valence-electron chi connectivity index (χ0n) is 14.9. The number of rotatable bonds is 6. The van der Waals surface area contributed by atoms with Crippen molar-refractivity contribution < 1.29 is 19.4 Å². The van der Waals surface area contributed by atoms with Crippen LogP contribution in [-0.2, 0) is 27.3 Å². The summed E-state index contributed by atoms with van der Waals surface area (Å²) in [6.07, 6.45) is 3.38. The molecule has 3 rings (SSSR count). The molecule has 1 aliphatic rings. The summed E-state index contributed by atoms with van der Waals surface area (Å²) in [6, 6.07) is 8.05. The number of carbonyl (C=O) groups excluding carboxylic acids is 2. The number of aromatic nitrogens is 2. The first kappa shape index (κ1) is 18.8. The van der Waals surface area contributed by atoms with E-state index < -0.39 is 0 Å². The van der Waals surface area contributed by atoms with Crippen LogP contribution in [0.25, 0.3) is 0 Å².